The molecule has 2 heterocycles. The maximum atomic E-state index is 5.95. The van der Waals surface area contributed by atoms with Crippen molar-refractivity contribution in [1.29, 1.82) is 0 Å². The molecule has 1 aliphatic rings. The molecule has 0 unspecified atom stereocenters. The topological polar surface area (TPSA) is 47.0 Å². The van der Waals surface area contributed by atoms with E-state index in [2.05, 4.69) is 15.3 Å². The predicted octanol–water partition coefficient (Wildman–Crippen LogP) is 2.87. The SMILES string of the molecule is Clc1nc(NC2CCOCC2)c2ccccc2n1. The van der Waals surface area contributed by atoms with Crippen LogP contribution in [0.2, 0.25) is 5.28 Å². The Labute approximate surface area is 110 Å². The van der Waals surface area contributed by atoms with Crippen molar-refractivity contribution in [2.75, 3.05) is 18.5 Å². The highest BCUT2D eigenvalue weighted by molar-refractivity contribution is 6.28. The van der Waals surface area contributed by atoms with Crippen molar-refractivity contribution in [3.63, 3.8) is 0 Å². The summed E-state index contributed by atoms with van der Waals surface area (Å²) < 4.78 is 5.35. The van der Waals surface area contributed by atoms with E-state index >= 15 is 0 Å². The first-order valence-electron chi connectivity index (χ1n) is 6.09. The molecule has 0 atom stereocenters. The van der Waals surface area contributed by atoms with Gasteiger partial charge in [-0.2, -0.15) is 0 Å². The Morgan fingerprint density at radius 1 is 1.17 bits per heavy atom. The maximum absolute atomic E-state index is 5.95. The van der Waals surface area contributed by atoms with Crippen LogP contribution >= 0.6 is 11.6 Å². The van der Waals surface area contributed by atoms with E-state index < -0.39 is 0 Å². The molecule has 1 aromatic heterocycles. The molecule has 1 aromatic carbocycles. The minimum atomic E-state index is 0.281. The van der Waals surface area contributed by atoms with Gasteiger partial charge in [-0.1, -0.05) is 12.1 Å². The van der Waals surface area contributed by atoms with E-state index in [-0.39, 0.29) is 5.28 Å². The molecule has 0 aliphatic carbocycles. The number of fused-ring (bicyclic) bond motifs is 1. The number of nitrogens with zero attached hydrogens (tertiary/aromatic N) is 2. The van der Waals surface area contributed by atoms with E-state index in [1.54, 1.807) is 0 Å². The Hall–Kier alpha value is -1.39. The molecule has 0 amide bonds. The lowest BCUT2D eigenvalue weighted by Gasteiger charge is -2.24. The van der Waals surface area contributed by atoms with E-state index in [1.807, 2.05) is 24.3 Å². The Morgan fingerprint density at radius 2 is 1.94 bits per heavy atom. The quantitative estimate of drug-likeness (QED) is 0.847. The molecule has 4 nitrogen and oxygen atoms in total. The van der Waals surface area contributed by atoms with Gasteiger partial charge in [0.15, 0.2) is 0 Å². The second-order valence-electron chi connectivity index (χ2n) is 4.39. The number of nitrogens with one attached hydrogen (secondary N) is 1. The van der Waals surface area contributed by atoms with Gasteiger partial charge in [0.05, 0.1) is 5.52 Å². The van der Waals surface area contributed by atoms with Gasteiger partial charge in [0.2, 0.25) is 5.28 Å². The molecule has 1 N–H and O–H groups in total. The van der Waals surface area contributed by atoms with Gasteiger partial charge in [0, 0.05) is 24.6 Å². The van der Waals surface area contributed by atoms with Crippen molar-refractivity contribution in [3.8, 4) is 0 Å². The van der Waals surface area contributed by atoms with Crippen LogP contribution in [0, 0.1) is 0 Å². The first-order chi connectivity index (χ1) is 8.83. The summed E-state index contributed by atoms with van der Waals surface area (Å²) in [5.41, 5.74) is 0.868. The number of rotatable bonds is 2. The van der Waals surface area contributed by atoms with Gasteiger partial charge in [-0.25, -0.2) is 9.97 Å². The minimum absolute atomic E-state index is 0.281. The number of ether oxygens (including phenoxy) is 1. The molecular weight excluding hydrogens is 250 g/mol. The molecule has 1 aliphatic heterocycles. The number of aromatic nitrogens is 2. The number of hydrogen-bond acceptors (Lipinski definition) is 4. The zero-order valence-electron chi connectivity index (χ0n) is 9.90. The molecule has 1 fully saturated rings. The van der Waals surface area contributed by atoms with Crippen LogP contribution in [-0.2, 0) is 4.74 Å². The number of anilines is 1. The van der Waals surface area contributed by atoms with Gasteiger partial charge in [0.25, 0.3) is 0 Å². The van der Waals surface area contributed by atoms with Crippen molar-refractivity contribution in [2.24, 2.45) is 0 Å². The fourth-order valence-electron chi connectivity index (χ4n) is 2.19. The van der Waals surface area contributed by atoms with Crippen molar-refractivity contribution < 1.29 is 4.74 Å². The molecule has 2 aromatic rings. The van der Waals surface area contributed by atoms with Crippen molar-refractivity contribution in [3.05, 3.63) is 29.5 Å². The number of para-hydroxylation sites is 1. The first kappa shape index (κ1) is 11.7. The standard InChI is InChI=1S/C13H14ClN3O/c14-13-16-11-4-2-1-3-10(11)12(17-13)15-9-5-7-18-8-6-9/h1-4,9H,5-8H2,(H,15,16,17). The molecule has 5 heteroatoms. The van der Waals surface area contributed by atoms with Crippen LogP contribution < -0.4 is 5.32 Å². The molecule has 3 rings (SSSR count). The second kappa shape index (κ2) is 5.08. The van der Waals surface area contributed by atoms with Crippen LogP contribution in [0.5, 0.6) is 0 Å². The van der Waals surface area contributed by atoms with Crippen molar-refractivity contribution >= 4 is 28.3 Å². The largest absolute Gasteiger partial charge is 0.381 e. The highest BCUT2D eigenvalue weighted by atomic mass is 35.5. The lowest BCUT2D eigenvalue weighted by atomic mass is 10.1. The highest BCUT2D eigenvalue weighted by Gasteiger charge is 2.15. The number of halogens is 1. The van der Waals surface area contributed by atoms with Gasteiger partial charge in [0.1, 0.15) is 5.82 Å². The predicted molar refractivity (Wildman–Crippen MR) is 72.0 cm³/mol. The van der Waals surface area contributed by atoms with E-state index in [0.717, 1.165) is 42.8 Å². The fraction of sp³-hybridized carbons (Fsp3) is 0.385. The summed E-state index contributed by atoms with van der Waals surface area (Å²) in [6, 6.07) is 8.28. The van der Waals surface area contributed by atoms with Gasteiger partial charge < -0.3 is 10.1 Å². The lowest BCUT2D eigenvalue weighted by Crippen LogP contribution is -2.28. The van der Waals surface area contributed by atoms with Gasteiger partial charge in [-0.15, -0.1) is 0 Å². The van der Waals surface area contributed by atoms with Crippen LogP contribution in [0.4, 0.5) is 5.82 Å². The van der Waals surface area contributed by atoms with Crippen molar-refractivity contribution in [2.45, 2.75) is 18.9 Å². The molecule has 18 heavy (non-hydrogen) atoms. The third-order valence-electron chi connectivity index (χ3n) is 3.14. The highest BCUT2D eigenvalue weighted by Crippen LogP contribution is 2.23. The summed E-state index contributed by atoms with van der Waals surface area (Å²) in [5.74, 6) is 0.817. The van der Waals surface area contributed by atoms with Gasteiger partial charge in [-0.3, -0.25) is 0 Å². The average Bonchev–Trinajstić information content (AvgIpc) is 2.40. The van der Waals surface area contributed by atoms with Gasteiger partial charge in [-0.05, 0) is 36.6 Å². The molecule has 0 spiro atoms. The van der Waals surface area contributed by atoms with E-state index in [1.165, 1.54) is 0 Å². The van der Waals surface area contributed by atoms with Crippen LogP contribution in [0.3, 0.4) is 0 Å². The van der Waals surface area contributed by atoms with Crippen LogP contribution in [0.15, 0.2) is 24.3 Å². The minimum Gasteiger partial charge on any atom is -0.381 e. The number of hydrogen-bond donors (Lipinski definition) is 1. The normalized spacial score (nSPS) is 16.9. The van der Waals surface area contributed by atoms with Gasteiger partial charge >= 0.3 is 0 Å². The molecule has 0 bridgehead atoms. The van der Waals surface area contributed by atoms with Crippen molar-refractivity contribution in [1.82, 2.24) is 9.97 Å². The Bertz CT molecular complexity index is 555. The van der Waals surface area contributed by atoms with E-state index in [0.29, 0.717) is 6.04 Å². The maximum Gasteiger partial charge on any atom is 0.224 e. The third-order valence-corrected chi connectivity index (χ3v) is 3.31. The van der Waals surface area contributed by atoms with Crippen LogP contribution in [0.1, 0.15) is 12.8 Å². The van der Waals surface area contributed by atoms with Crippen LogP contribution in [-0.4, -0.2) is 29.2 Å². The van der Waals surface area contributed by atoms with E-state index in [4.69, 9.17) is 16.3 Å². The molecule has 94 valence electrons. The smallest absolute Gasteiger partial charge is 0.224 e. The monoisotopic (exact) mass is 263 g/mol. The average molecular weight is 264 g/mol. The lowest BCUT2D eigenvalue weighted by molar-refractivity contribution is 0.0904. The number of benzene rings is 1. The van der Waals surface area contributed by atoms with Crippen LogP contribution in [0.25, 0.3) is 10.9 Å². The molecule has 1 saturated heterocycles. The second-order valence-corrected chi connectivity index (χ2v) is 4.73. The summed E-state index contributed by atoms with van der Waals surface area (Å²) in [4.78, 5) is 8.52. The molecule has 0 radical (unpaired) electrons. The Balaban J connectivity index is 1.94. The zero-order chi connectivity index (χ0) is 12.4. The fourth-order valence-corrected chi connectivity index (χ4v) is 2.37. The zero-order valence-corrected chi connectivity index (χ0v) is 10.7. The summed E-state index contributed by atoms with van der Waals surface area (Å²) in [7, 11) is 0. The Kier molecular flexibility index (Phi) is 3.30. The summed E-state index contributed by atoms with van der Waals surface area (Å²) in [5, 5.41) is 4.74. The molecular formula is C13H14ClN3O. The van der Waals surface area contributed by atoms with E-state index in [9.17, 15) is 0 Å². The summed E-state index contributed by atoms with van der Waals surface area (Å²) in [6.45, 7) is 1.60. The summed E-state index contributed by atoms with van der Waals surface area (Å²) >= 11 is 5.95. The first-order valence-corrected chi connectivity index (χ1v) is 6.47. The molecule has 0 saturated carbocycles. The summed E-state index contributed by atoms with van der Waals surface area (Å²) in [6.07, 6.45) is 1.99. The Morgan fingerprint density at radius 3 is 2.78 bits per heavy atom. The third kappa shape index (κ3) is 2.40.